The minimum Gasteiger partial charge on any atom is -0.462 e. The Bertz CT molecular complexity index is 1230. The van der Waals surface area contributed by atoms with E-state index in [2.05, 4.69) is 20.5 Å². The summed E-state index contributed by atoms with van der Waals surface area (Å²) < 4.78 is 6.85. The number of carbonyl (C=O) groups is 2. The van der Waals surface area contributed by atoms with Crippen LogP contribution in [0, 0.1) is 0 Å². The molecule has 0 aliphatic carbocycles. The summed E-state index contributed by atoms with van der Waals surface area (Å²) in [5.74, 6) is 0.132. The normalized spacial score (nSPS) is 10.6. The number of pyridine rings is 1. The molecule has 0 atom stereocenters. The third-order valence-corrected chi connectivity index (χ3v) is 5.48. The Morgan fingerprint density at radius 3 is 2.42 bits per heavy atom. The lowest BCUT2D eigenvalue weighted by Crippen LogP contribution is -2.15. The number of carbonyl (C=O) groups excluding carboxylic acids is 2. The highest BCUT2D eigenvalue weighted by molar-refractivity contribution is 7.99. The SMILES string of the molecule is CCOC(=O)c1ccc(NC(=O)CSc2nnc(-c3ccccn3)n2-c2ccccc2)cc1. The maximum absolute atomic E-state index is 12.5. The number of para-hydroxylation sites is 1. The maximum atomic E-state index is 12.5. The van der Waals surface area contributed by atoms with Gasteiger partial charge in [0, 0.05) is 17.6 Å². The van der Waals surface area contributed by atoms with Crippen LogP contribution in [0.4, 0.5) is 5.69 Å². The van der Waals surface area contributed by atoms with Crippen molar-refractivity contribution in [3.63, 3.8) is 0 Å². The molecule has 0 aliphatic rings. The molecule has 2 aromatic carbocycles. The van der Waals surface area contributed by atoms with E-state index in [0.29, 0.717) is 34.5 Å². The molecule has 8 nitrogen and oxygen atoms in total. The van der Waals surface area contributed by atoms with Crippen LogP contribution in [0.5, 0.6) is 0 Å². The fraction of sp³-hybridized carbons (Fsp3) is 0.125. The molecule has 0 aliphatic heterocycles. The van der Waals surface area contributed by atoms with E-state index in [1.807, 2.05) is 53.1 Å². The van der Waals surface area contributed by atoms with Crippen molar-refractivity contribution in [3.8, 4) is 17.2 Å². The van der Waals surface area contributed by atoms with Gasteiger partial charge in [0.15, 0.2) is 11.0 Å². The molecule has 2 aromatic heterocycles. The number of hydrogen-bond donors (Lipinski definition) is 1. The van der Waals surface area contributed by atoms with Crippen LogP contribution in [0.15, 0.2) is 84.1 Å². The van der Waals surface area contributed by atoms with E-state index in [-0.39, 0.29) is 11.7 Å². The summed E-state index contributed by atoms with van der Waals surface area (Å²) in [6.45, 7) is 2.06. The highest BCUT2D eigenvalue weighted by atomic mass is 32.2. The molecule has 0 bridgehead atoms. The minimum absolute atomic E-state index is 0.132. The number of nitrogens with zero attached hydrogens (tertiary/aromatic N) is 4. The molecule has 166 valence electrons. The summed E-state index contributed by atoms with van der Waals surface area (Å²) in [4.78, 5) is 28.7. The lowest BCUT2D eigenvalue weighted by atomic mass is 10.2. The quantitative estimate of drug-likeness (QED) is 0.311. The van der Waals surface area contributed by atoms with Gasteiger partial charge in [-0.25, -0.2) is 4.79 Å². The van der Waals surface area contributed by atoms with E-state index < -0.39 is 5.97 Å². The Morgan fingerprint density at radius 1 is 0.970 bits per heavy atom. The number of benzene rings is 2. The molecule has 0 unspecified atom stereocenters. The largest absolute Gasteiger partial charge is 0.462 e. The Hall–Kier alpha value is -3.98. The van der Waals surface area contributed by atoms with Crippen molar-refractivity contribution in [3.05, 3.63) is 84.6 Å². The molecule has 33 heavy (non-hydrogen) atoms. The van der Waals surface area contributed by atoms with Crippen molar-refractivity contribution in [2.75, 3.05) is 17.7 Å². The van der Waals surface area contributed by atoms with Gasteiger partial charge in [-0.15, -0.1) is 10.2 Å². The predicted octanol–water partition coefficient (Wildman–Crippen LogP) is 4.24. The van der Waals surface area contributed by atoms with Gasteiger partial charge in [0.1, 0.15) is 5.69 Å². The van der Waals surface area contributed by atoms with Crippen molar-refractivity contribution in [2.24, 2.45) is 0 Å². The number of thioether (sulfide) groups is 1. The first kappa shape index (κ1) is 22.2. The number of amides is 1. The smallest absolute Gasteiger partial charge is 0.338 e. The molecular formula is C24H21N5O3S. The molecule has 9 heteroatoms. The van der Waals surface area contributed by atoms with Crippen LogP contribution >= 0.6 is 11.8 Å². The fourth-order valence-corrected chi connectivity index (χ4v) is 3.82. The molecule has 0 spiro atoms. The van der Waals surface area contributed by atoms with Gasteiger partial charge in [0.2, 0.25) is 5.91 Å². The molecule has 1 amide bonds. The Kier molecular flexibility index (Phi) is 7.11. The highest BCUT2D eigenvalue weighted by Gasteiger charge is 2.18. The van der Waals surface area contributed by atoms with E-state index >= 15 is 0 Å². The van der Waals surface area contributed by atoms with E-state index in [1.54, 1.807) is 37.4 Å². The highest BCUT2D eigenvalue weighted by Crippen LogP contribution is 2.27. The number of ether oxygens (including phenoxy) is 1. The molecule has 1 N–H and O–H groups in total. The van der Waals surface area contributed by atoms with Gasteiger partial charge >= 0.3 is 5.97 Å². The maximum Gasteiger partial charge on any atom is 0.338 e. The Labute approximate surface area is 195 Å². The predicted molar refractivity (Wildman–Crippen MR) is 126 cm³/mol. The summed E-state index contributed by atoms with van der Waals surface area (Å²) in [7, 11) is 0. The van der Waals surface area contributed by atoms with Crippen LogP contribution in [0.25, 0.3) is 17.2 Å². The summed E-state index contributed by atoms with van der Waals surface area (Å²) in [6.07, 6.45) is 1.70. The number of hydrogen-bond acceptors (Lipinski definition) is 7. The second-order valence-electron chi connectivity index (χ2n) is 6.83. The van der Waals surface area contributed by atoms with E-state index in [4.69, 9.17) is 4.74 Å². The number of aromatic nitrogens is 4. The average Bonchev–Trinajstić information content (AvgIpc) is 3.28. The van der Waals surface area contributed by atoms with Gasteiger partial charge in [0.25, 0.3) is 0 Å². The first-order valence-electron chi connectivity index (χ1n) is 10.3. The Morgan fingerprint density at radius 2 is 1.73 bits per heavy atom. The second kappa shape index (κ2) is 10.6. The summed E-state index contributed by atoms with van der Waals surface area (Å²) in [5, 5.41) is 12.0. The zero-order valence-corrected chi connectivity index (χ0v) is 18.7. The zero-order valence-electron chi connectivity index (χ0n) is 17.8. The standard InChI is InChI=1S/C24H21N5O3S/c1-2-32-23(31)17-11-13-18(14-12-17)26-21(30)16-33-24-28-27-22(20-10-6-7-15-25-20)29(24)19-8-4-3-5-9-19/h3-15H,2,16H2,1H3,(H,26,30). The van der Waals surface area contributed by atoms with Crippen LogP contribution < -0.4 is 5.32 Å². The van der Waals surface area contributed by atoms with E-state index in [0.717, 1.165) is 5.69 Å². The minimum atomic E-state index is -0.394. The van der Waals surface area contributed by atoms with Crippen LogP contribution in [0.3, 0.4) is 0 Å². The summed E-state index contributed by atoms with van der Waals surface area (Å²) >= 11 is 1.27. The summed E-state index contributed by atoms with van der Waals surface area (Å²) in [5.41, 5.74) is 2.59. The van der Waals surface area contributed by atoms with Crippen molar-refractivity contribution in [2.45, 2.75) is 12.1 Å². The van der Waals surface area contributed by atoms with Gasteiger partial charge in [0.05, 0.1) is 17.9 Å². The van der Waals surface area contributed by atoms with Gasteiger partial charge < -0.3 is 10.1 Å². The molecule has 4 aromatic rings. The molecule has 4 rings (SSSR count). The van der Waals surface area contributed by atoms with Crippen molar-refractivity contribution in [1.82, 2.24) is 19.7 Å². The Balaban J connectivity index is 1.48. The van der Waals surface area contributed by atoms with Crippen LogP contribution in [-0.4, -0.2) is 44.0 Å². The first-order chi connectivity index (χ1) is 16.2. The van der Waals surface area contributed by atoms with Gasteiger partial charge in [-0.3, -0.25) is 14.3 Å². The van der Waals surface area contributed by atoms with Crippen LogP contribution in [-0.2, 0) is 9.53 Å². The topological polar surface area (TPSA) is 99.0 Å². The fourth-order valence-electron chi connectivity index (χ4n) is 3.07. The molecular weight excluding hydrogens is 438 g/mol. The molecule has 0 saturated heterocycles. The zero-order chi connectivity index (χ0) is 23.0. The van der Waals surface area contributed by atoms with Crippen molar-refractivity contribution in [1.29, 1.82) is 0 Å². The van der Waals surface area contributed by atoms with Gasteiger partial charge in [-0.05, 0) is 55.5 Å². The number of anilines is 1. The molecule has 2 heterocycles. The van der Waals surface area contributed by atoms with Gasteiger partial charge in [-0.1, -0.05) is 36.0 Å². The molecule has 0 fully saturated rings. The lowest BCUT2D eigenvalue weighted by molar-refractivity contribution is -0.113. The van der Waals surface area contributed by atoms with Crippen LogP contribution in [0.2, 0.25) is 0 Å². The third kappa shape index (κ3) is 5.45. The van der Waals surface area contributed by atoms with E-state index in [9.17, 15) is 9.59 Å². The van der Waals surface area contributed by atoms with Crippen molar-refractivity contribution >= 4 is 29.3 Å². The summed E-state index contributed by atoms with van der Waals surface area (Å²) in [6, 6.07) is 21.9. The number of esters is 1. The number of nitrogens with one attached hydrogen (secondary N) is 1. The van der Waals surface area contributed by atoms with Crippen molar-refractivity contribution < 1.29 is 14.3 Å². The van der Waals surface area contributed by atoms with E-state index in [1.165, 1.54) is 11.8 Å². The van der Waals surface area contributed by atoms with Gasteiger partial charge in [-0.2, -0.15) is 0 Å². The number of rotatable bonds is 8. The first-order valence-corrected chi connectivity index (χ1v) is 11.3. The molecule has 0 saturated carbocycles. The second-order valence-corrected chi connectivity index (χ2v) is 7.77. The average molecular weight is 460 g/mol. The monoisotopic (exact) mass is 459 g/mol. The van der Waals surface area contributed by atoms with Crippen LogP contribution in [0.1, 0.15) is 17.3 Å². The third-order valence-electron chi connectivity index (χ3n) is 4.55. The molecule has 0 radical (unpaired) electrons. The lowest BCUT2D eigenvalue weighted by Gasteiger charge is -2.10.